The summed E-state index contributed by atoms with van der Waals surface area (Å²) in [4.78, 5) is 29.7. The predicted octanol–water partition coefficient (Wildman–Crippen LogP) is 2.13. The molecule has 1 fully saturated rings. The van der Waals surface area contributed by atoms with Crippen molar-refractivity contribution in [1.82, 2.24) is 0 Å². The number of halogens is 1. The molecule has 1 aliphatic heterocycles. The molecule has 7 heteroatoms. The molecule has 4 N–H and O–H groups in total. The molecule has 0 saturated carbocycles. The summed E-state index contributed by atoms with van der Waals surface area (Å²) in [7, 11) is 0. The zero-order valence-electron chi connectivity index (χ0n) is 13.5. The smallest absolute Gasteiger partial charge is 0.361 e. The Balaban J connectivity index is 2.20. The third-order valence-electron chi connectivity index (χ3n) is 3.69. The Hall–Kier alpha value is -2.34. The summed E-state index contributed by atoms with van der Waals surface area (Å²) in [5, 5.41) is 8.33. The number of nitrogens with zero attached hydrogens (tertiary/aromatic N) is 2. The first-order valence-corrected chi connectivity index (χ1v) is 8.18. The quantitative estimate of drug-likeness (QED) is 0.500. The standard InChI is InChI=1S/C17H20ClN3O3/c1-2-3-12(19)10-15(22)20-17(24)14-8-9-16(23)21(14)13-6-4-11(18)5-7-13/h4-7,10,14H,2-3,8-9,19H2,1H3,(H,20,22,24)/p+1/t14-/m0/s1. The van der Waals surface area contributed by atoms with Crippen LogP contribution in [0.4, 0.5) is 5.69 Å². The van der Waals surface area contributed by atoms with Gasteiger partial charge in [-0.25, -0.2) is 0 Å². The lowest BCUT2D eigenvalue weighted by Gasteiger charge is -2.22. The van der Waals surface area contributed by atoms with Crippen LogP contribution in [0.1, 0.15) is 32.6 Å². The van der Waals surface area contributed by atoms with E-state index in [1.165, 1.54) is 11.0 Å². The van der Waals surface area contributed by atoms with E-state index in [1.807, 2.05) is 6.92 Å². The fourth-order valence-electron chi connectivity index (χ4n) is 2.61. The third kappa shape index (κ3) is 4.35. The Morgan fingerprint density at radius 3 is 2.75 bits per heavy atom. The molecule has 0 spiro atoms. The largest absolute Gasteiger partial charge is 0.579 e. The second kappa shape index (κ2) is 7.97. The molecule has 1 aliphatic rings. The van der Waals surface area contributed by atoms with Gasteiger partial charge in [0.2, 0.25) is 5.91 Å². The van der Waals surface area contributed by atoms with Gasteiger partial charge in [0.15, 0.2) is 0 Å². The number of carbonyl (C=O) groups is 2. The Morgan fingerprint density at radius 2 is 2.12 bits per heavy atom. The number of anilines is 1. The van der Waals surface area contributed by atoms with E-state index in [1.54, 1.807) is 24.3 Å². The maximum absolute atomic E-state index is 12.4. The number of rotatable bonds is 5. The van der Waals surface area contributed by atoms with E-state index in [-0.39, 0.29) is 18.2 Å². The average Bonchev–Trinajstić information content (AvgIpc) is 2.90. The summed E-state index contributed by atoms with van der Waals surface area (Å²) < 4.78 is 0. The molecule has 1 aromatic rings. The summed E-state index contributed by atoms with van der Waals surface area (Å²) in [5.41, 5.74) is 6.85. The Labute approximate surface area is 145 Å². The van der Waals surface area contributed by atoms with Crippen molar-refractivity contribution in [3.05, 3.63) is 41.1 Å². The summed E-state index contributed by atoms with van der Waals surface area (Å²) in [5.74, 6) is -0.846. The van der Waals surface area contributed by atoms with E-state index < -0.39 is 11.9 Å². The third-order valence-corrected chi connectivity index (χ3v) is 3.95. The van der Waals surface area contributed by atoms with Crippen molar-refractivity contribution in [2.24, 2.45) is 10.7 Å². The van der Waals surface area contributed by atoms with Gasteiger partial charge in [-0.3, -0.25) is 14.5 Å². The maximum atomic E-state index is 12.4. The number of aliphatic imine (C=N–C) groups is 1. The van der Waals surface area contributed by atoms with Crippen LogP contribution in [0.25, 0.3) is 0 Å². The number of amides is 2. The van der Waals surface area contributed by atoms with Crippen LogP contribution in [0.2, 0.25) is 5.02 Å². The number of benzene rings is 1. The minimum Gasteiger partial charge on any atom is -0.579 e. The van der Waals surface area contributed by atoms with Gasteiger partial charge >= 0.3 is 5.90 Å². The van der Waals surface area contributed by atoms with Crippen molar-refractivity contribution in [2.45, 2.75) is 38.6 Å². The van der Waals surface area contributed by atoms with E-state index in [2.05, 4.69) is 4.99 Å². The second-order valence-corrected chi connectivity index (χ2v) is 6.04. The van der Waals surface area contributed by atoms with Crippen LogP contribution in [0, 0.1) is 0 Å². The van der Waals surface area contributed by atoms with Crippen LogP contribution < -0.4 is 10.6 Å². The molecule has 6 nitrogen and oxygen atoms in total. The van der Waals surface area contributed by atoms with E-state index in [0.717, 1.165) is 6.42 Å². The van der Waals surface area contributed by atoms with E-state index in [0.29, 0.717) is 29.2 Å². The lowest BCUT2D eigenvalue weighted by Crippen LogP contribution is -2.38. The van der Waals surface area contributed by atoms with Crippen LogP contribution in [-0.4, -0.2) is 28.9 Å². The van der Waals surface area contributed by atoms with E-state index in [4.69, 9.17) is 22.4 Å². The monoisotopic (exact) mass is 350 g/mol. The van der Waals surface area contributed by atoms with Gasteiger partial charge < -0.3 is 10.8 Å². The van der Waals surface area contributed by atoms with Gasteiger partial charge in [-0.2, -0.15) is 0 Å². The number of allylic oxidation sites excluding steroid dienone is 1. The van der Waals surface area contributed by atoms with Crippen molar-refractivity contribution < 1.29 is 14.7 Å². The normalized spacial score (nSPS) is 19.0. The average molecular weight is 351 g/mol. The van der Waals surface area contributed by atoms with Crippen molar-refractivity contribution in [1.29, 1.82) is 0 Å². The first kappa shape index (κ1) is 18.0. The van der Waals surface area contributed by atoms with Gasteiger partial charge in [-0.1, -0.05) is 24.9 Å². The lowest BCUT2D eigenvalue weighted by atomic mass is 10.2. The minimum atomic E-state index is -0.695. The van der Waals surface area contributed by atoms with Crippen molar-refractivity contribution in [3.63, 3.8) is 0 Å². The van der Waals surface area contributed by atoms with Gasteiger partial charge in [0, 0.05) is 22.8 Å². The minimum absolute atomic E-state index is 0.140. The molecule has 2 amide bonds. The number of nitrogens with two attached hydrogens (primary N) is 1. The van der Waals surface area contributed by atoms with E-state index in [9.17, 15) is 9.59 Å². The summed E-state index contributed by atoms with van der Waals surface area (Å²) in [6.07, 6.45) is 3.53. The summed E-state index contributed by atoms with van der Waals surface area (Å²) in [6, 6.07) is 6.02. The first-order chi connectivity index (χ1) is 11.4. The lowest BCUT2D eigenvalue weighted by molar-refractivity contribution is -0.121. The highest BCUT2D eigenvalue weighted by Gasteiger charge is 2.37. The molecule has 0 bridgehead atoms. The molecule has 128 valence electrons. The molecule has 1 saturated heterocycles. The molecule has 0 aliphatic carbocycles. The topological polar surface area (TPSA) is 98.7 Å². The fourth-order valence-corrected chi connectivity index (χ4v) is 2.73. The maximum Gasteiger partial charge on any atom is 0.361 e. The first-order valence-electron chi connectivity index (χ1n) is 7.80. The predicted molar refractivity (Wildman–Crippen MR) is 95.2 cm³/mol. The molecule has 2 rings (SSSR count). The summed E-state index contributed by atoms with van der Waals surface area (Å²) >= 11 is 5.86. The molecule has 0 aromatic heterocycles. The Morgan fingerprint density at radius 1 is 1.46 bits per heavy atom. The molecular weight excluding hydrogens is 330 g/mol. The SMILES string of the molecule is CCCC(N)=CC([OH2+])=NC(=O)[C@@H]1CCC(=O)N1c1ccc(Cl)cc1. The number of hydrogen-bond acceptors (Lipinski definition) is 3. The molecule has 1 atom stereocenters. The van der Waals surface area contributed by atoms with Crippen LogP contribution in [0.15, 0.2) is 41.0 Å². The van der Waals surface area contributed by atoms with Crippen molar-refractivity contribution in [3.8, 4) is 0 Å². The Bertz CT molecular complexity index is 683. The highest BCUT2D eigenvalue weighted by atomic mass is 35.5. The summed E-state index contributed by atoms with van der Waals surface area (Å²) in [6.45, 7) is 1.97. The molecule has 0 radical (unpaired) electrons. The zero-order chi connectivity index (χ0) is 17.7. The number of carbonyl (C=O) groups excluding carboxylic acids is 2. The van der Waals surface area contributed by atoms with Crippen LogP contribution >= 0.6 is 11.6 Å². The fraction of sp³-hybridized carbons (Fsp3) is 0.353. The number of hydrogen-bond donors (Lipinski definition) is 1. The van der Waals surface area contributed by atoms with Gasteiger partial charge in [0.05, 0.1) is 6.08 Å². The van der Waals surface area contributed by atoms with Crippen molar-refractivity contribution >= 4 is 35.0 Å². The highest BCUT2D eigenvalue weighted by Crippen LogP contribution is 2.28. The van der Waals surface area contributed by atoms with Crippen LogP contribution in [-0.2, 0) is 9.59 Å². The zero-order valence-corrected chi connectivity index (χ0v) is 14.2. The molecule has 0 unspecified atom stereocenters. The van der Waals surface area contributed by atoms with Crippen molar-refractivity contribution in [2.75, 3.05) is 4.90 Å². The second-order valence-electron chi connectivity index (χ2n) is 5.60. The van der Waals surface area contributed by atoms with Crippen LogP contribution in [0.5, 0.6) is 0 Å². The van der Waals surface area contributed by atoms with Gasteiger partial charge in [-0.15, -0.1) is 4.99 Å². The highest BCUT2D eigenvalue weighted by molar-refractivity contribution is 6.30. The van der Waals surface area contributed by atoms with Gasteiger partial charge in [0.1, 0.15) is 6.04 Å². The Kier molecular flexibility index (Phi) is 5.98. The van der Waals surface area contributed by atoms with Crippen LogP contribution in [0.3, 0.4) is 0 Å². The molecule has 24 heavy (non-hydrogen) atoms. The van der Waals surface area contributed by atoms with Gasteiger partial charge in [-0.05, 0) is 37.1 Å². The molecular formula is C17H21ClN3O3+. The molecule has 1 heterocycles. The molecule has 1 aromatic carbocycles. The van der Waals surface area contributed by atoms with E-state index >= 15 is 0 Å². The van der Waals surface area contributed by atoms with Gasteiger partial charge in [0.25, 0.3) is 5.91 Å².